The maximum absolute atomic E-state index is 13.1. The molecule has 168 valence electrons. The highest BCUT2D eigenvalue weighted by Gasteiger charge is 2.54. The van der Waals surface area contributed by atoms with Crippen LogP contribution in [0.3, 0.4) is 0 Å². The van der Waals surface area contributed by atoms with Gasteiger partial charge in [-0.25, -0.2) is 18.2 Å². The molecule has 3 N–H and O–H groups in total. The second-order valence-corrected chi connectivity index (χ2v) is 10.0. The van der Waals surface area contributed by atoms with E-state index in [9.17, 15) is 18.3 Å². The van der Waals surface area contributed by atoms with Crippen molar-refractivity contribution in [3.63, 3.8) is 0 Å². The molecule has 2 aliphatic heterocycles. The summed E-state index contributed by atoms with van der Waals surface area (Å²) in [6, 6.07) is 3.93. The number of carbonyl (C=O) groups excluding carboxylic acids is 1. The van der Waals surface area contributed by atoms with Gasteiger partial charge in [0.2, 0.25) is 10.0 Å². The van der Waals surface area contributed by atoms with E-state index in [-0.39, 0.29) is 32.2 Å². The molecule has 2 atom stereocenters. The van der Waals surface area contributed by atoms with Gasteiger partial charge >= 0.3 is 0 Å². The summed E-state index contributed by atoms with van der Waals surface area (Å²) in [7, 11) is -3.98. The van der Waals surface area contributed by atoms with Crippen LogP contribution in [-0.2, 0) is 30.9 Å². The monoisotopic (exact) mass is 443 g/mol. The molecule has 1 aromatic heterocycles. The van der Waals surface area contributed by atoms with Gasteiger partial charge in [-0.1, -0.05) is 0 Å². The first kappa shape index (κ1) is 23.0. The summed E-state index contributed by atoms with van der Waals surface area (Å²) >= 11 is 0. The standard InChI is InChI=1S/C19H29N3O7S/c1-13-9-15(10-14(2)20-13)11-29-16-3-6-22(7-4-16)30(26,27)17-5-8-28-12-19(17,24)18(23)21-25/h9-10,16-17,24-25H,3-8,11-12H2,1-2H3,(H,21,23). The number of ether oxygens (including phenoxy) is 2. The third-order valence-electron chi connectivity index (χ3n) is 5.62. The summed E-state index contributed by atoms with van der Waals surface area (Å²) in [5.74, 6) is -1.18. The van der Waals surface area contributed by atoms with E-state index in [0.717, 1.165) is 17.0 Å². The number of pyridine rings is 1. The average molecular weight is 444 g/mol. The zero-order valence-electron chi connectivity index (χ0n) is 17.2. The highest BCUT2D eigenvalue weighted by molar-refractivity contribution is 7.89. The van der Waals surface area contributed by atoms with Crippen LogP contribution in [-0.4, -0.2) is 77.2 Å². The minimum atomic E-state index is -3.98. The maximum atomic E-state index is 13.1. The number of hydrogen-bond donors (Lipinski definition) is 3. The first-order valence-corrected chi connectivity index (χ1v) is 11.5. The molecule has 2 saturated heterocycles. The van der Waals surface area contributed by atoms with Crippen LogP contribution in [0.4, 0.5) is 0 Å². The lowest BCUT2D eigenvalue weighted by Gasteiger charge is -2.41. The van der Waals surface area contributed by atoms with Crippen LogP contribution in [0.25, 0.3) is 0 Å². The van der Waals surface area contributed by atoms with Crippen LogP contribution < -0.4 is 5.48 Å². The number of nitrogens with zero attached hydrogens (tertiary/aromatic N) is 2. The van der Waals surface area contributed by atoms with Gasteiger partial charge in [-0.15, -0.1) is 0 Å². The summed E-state index contributed by atoms with van der Waals surface area (Å²) in [4.78, 5) is 16.3. The van der Waals surface area contributed by atoms with Crippen LogP contribution in [0.1, 0.15) is 36.2 Å². The molecule has 0 aromatic carbocycles. The van der Waals surface area contributed by atoms with Gasteiger partial charge in [0.05, 0.1) is 19.3 Å². The van der Waals surface area contributed by atoms with E-state index < -0.39 is 33.4 Å². The molecule has 2 fully saturated rings. The van der Waals surface area contributed by atoms with Crippen molar-refractivity contribution in [2.24, 2.45) is 0 Å². The number of nitrogens with one attached hydrogen (secondary N) is 1. The second-order valence-electron chi connectivity index (χ2n) is 7.91. The number of piperidine rings is 1. The zero-order valence-corrected chi connectivity index (χ0v) is 18.0. The molecular weight excluding hydrogens is 414 g/mol. The molecule has 0 bridgehead atoms. The number of rotatable bonds is 6. The fourth-order valence-corrected chi connectivity index (χ4v) is 6.25. The maximum Gasteiger partial charge on any atom is 0.279 e. The van der Waals surface area contributed by atoms with Crippen molar-refractivity contribution in [2.75, 3.05) is 26.3 Å². The van der Waals surface area contributed by atoms with Gasteiger partial charge in [0, 0.05) is 31.1 Å². The summed E-state index contributed by atoms with van der Waals surface area (Å²) in [5, 5.41) is 18.2. The first-order chi connectivity index (χ1) is 14.2. The molecule has 0 aliphatic carbocycles. The highest BCUT2D eigenvalue weighted by Crippen LogP contribution is 2.31. The number of aryl methyl sites for hydroxylation is 2. The molecule has 30 heavy (non-hydrogen) atoms. The van der Waals surface area contributed by atoms with E-state index in [1.54, 1.807) is 0 Å². The van der Waals surface area contributed by atoms with E-state index in [4.69, 9.17) is 14.7 Å². The zero-order chi connectivity index (χ0) is 21.9. The van der Waals surface area contributed by atoms with Crippen LogP contribution in [0, 0.1) is 13.8 Å². The number of hydrogen-bond acceptors (Lipinski definition) is 8. The van der Waals surface area contributed by atoms with Gasteiger partial charge in [-0.2, -0.15) is 0 Å². The summed E-state index contributed by atoms with van der Waals surface area (Å²) < 4.78 is 38.6. The molecule has 0 spiro atoms. The van der Waals surface area contributed by atoms with Crippen LogP contribution in [0.15, 0.2) is 12.1 Å². The van der Waals surface area contributed by atoms with Gasteiger partial charge in [0.1, 0.15) is 5.25 Å². The SMILES string of the molecule is Cc1cc(COC2CCN(S(=O)(=O)C3CCOCC3(O)C(=O)NO)CC2)cc(C)n1. The molecule has 2 unspecified atom stereocenters. The summed E-state index contributed by atoms with van der Waals surface area (Å²) in [6.07, 6.45) is 0.898. The Morgan fingerprint density at radius 2 is 1.93 bits per heavy atom. The second kappa shape index (κ2) is 9.25. The Kier molecular flexibility index (Phi) is 7.10. The Bertz CT molecular complexity index is 851. The molecule has 10 nitrogen and oxygen atoms in total. The molecular formula is C19H29N3O7S. The largest absolute Gasteiger partial charge is 0.378 e. The third-order valence-corrected chi connectivity index (χ3v) is 8.05. The molecule has 0 saturated carbocycles. The van der Waals surface area contributed by atoms with E-state index in [1.165, 1.54) is 9.79 Å². The number of amides is 1. The number of aromatic nitrogens is 1. The van der Waals surface area contributed by atoms with Crippen molar-refractivity contribution in [1.82, 2.24) is 14.8 Å². The van der Waals surface area contributed by atoms with Crippen molar-refractivity contribution < 1.29 is 33.0 Å². The van der Waals surface area contributed by atoms with Crippen LogP contribution in [0.5, 0.6) is 0 Å². The van der Waals surface area contributed by atoms with Crippen molar-refractivity contribution in [2.45, 2.75) is 56.7 Å². The predicted octanol–water partition coefficient (Wildman–Crippen LogP) is 0.0346. The van der Waals surface area contributed by atoms with Crippen LogP contribution in [0.2, 0.25) is 0 Å². The van der Waals surface area contributed by atoms with E-state index in [0.29, 0.717) is 19.4 Å². The molecule has 1 amide bonds. The Morgan fingerprint density at radius 1 is 1.30 bits per heavy atom. The Labute approximate surface area is 176 Å². The van der Waals surface area contributed by atoms with Crippen molar-refractivity contribution in [3.05, 3.63) is 29.1 Å². The van der Waals surface area contributed by atoms with Crippen molar-refractivity contribution >= 4 is 15.9 Å². The number of sulfonamides is 1. The van der Waals surface area contributed by atoms with E-state index in [2.05, 4.69) is 4.98 Å². The van der Waals surface area contributed by atoms with Gasteiger partial charge in [-0.3, -0.25) is 15.0 Å². The fraction of sp³-hybridized carbons (Fsp3) is 0.684. The van der Waals surface area contributed by atoms with Gasteiger partial charge in [0.15, 0.2) is 5.60 Å². The number of carbonyl (C=O) groups is 1. The lowest BCUT2D eigenvalue weighted by Crippen LogP contribution is -2.64. The summed E-state index contributed by atoms with van der Waals surface area (Å²) in [5.41, 5.74) is 1.88. The molecule has 3 rings (SSSR count). The highest BCUT2D eigenvalue weighted by atomic mass is 32.2. The molecule has 1 aromatic rings. The van der Waals surface area contributed by atoms with E-state index >= 15 is 0 Å². The quantitative estimate of drug-likeness (QED) is 0.414. The Balaban J connectivity index is 1.61. The number of hydroxylamine groups is 1. The first-order valence-electron chi connectivity index (χ1n) is 9.96. The molecule has 2 aliphatic rings. The smallest absolute Gasteiger partial charge is 0.279 e. The van der Waals surface area contributed by atoms with Crippen molar-refractivity contribution in [3.8, 4) is 0 Å². The molecule has 0 radical (unpaired) electrons. The Morgan fingerprint density at radius 3 is 2.53 bits per heavy atom. The minimum Gasteiger partial charge on any atom is -0.378 e. The summed E-state index contributed by atoms with van der Waals surface area (Å²) in [6.45, 7) is 4.36. The van der Waals surface area contributed by atoms with Gasteiger partial charge < -0.3 is 14.6 Å². The van der Waals surface area contributed by atoms with Crippen LogP contribution >= 0.6 is 0 Å². The fourth-order valence-electron chi connectivity index (χ4n) is 4.11. The van der Waals surface area contributed by atoms with Crippen molar-refractivity contribution in [1.29, 1.82) is 0 Å². The molecule has 11 heteroatoms. The van der Waals surface area contributed by atoms with E-state index in [1.807, 2.05) is 26.0 Å². The number of aliphatic hydroxyl groups is 1. The van der Waals surface area contributed by atoms with Gasteiger partial charge in [-0.05, 0) is 50.8 Å². The topological polar surface area (TPSA) is 138 Å². The Hall–Kier alpha value is -1.63. The molecule has 3 heterocycles. The third kappa shape index (κ3) is 4.82. The lowest BCUT2D eigenvalue weighted by atomic mass is 9.95. The predicted molar refractivity (Wildman–Crippen MR) is 106 cm³/mol. The average Bonchev–Trinajstić information content (AvgIpc) is 2.71. The van der Waals surface area contributed by atoms with Gasteiger partial charge in [0.25, 0.3) is 5.91 Å². The lowest BCUT2D eigenvalue weighted by molar-refractivity contribution is -0.161. The normalized spacial score (nSPS) is 26.5. The minimum absolute atomic E-state index is 0.0383.